The molecule has 0 aliphatic heterocycles. The summed E-state index contributed by atoms with van der Waals surface area (Å²) < 4.78 is 5.40. The molecule has 0 fully saturated rings. The van der Waals surface area contributed by atoms with E-state index in [0.29, 0.717) is 6.42 Å². The number of aliphatic hydroxyl groups excluding tert-OH is 1. The van der Waals surface area contributed by atoms with Crippen molar-refractivity contribution in [2.45, 2.75) is 44.8 Å². The van der Waals surface area contributed by atoms with Crippen LogP contribution in [-0.2, 0) is 14.3 Å². The number of carboxylic acid groups (broad SMARTS) is 1. The predicted molar refractivity (Wildman–Crippen MR) is 123 cm³/mol. The van der Waals surface area contributed by atoms with Gasteiger partial charge in [0.25, 0.3) is 0 Å². The second kappa shape index (κ2) is 11.0. The summed E-state index contributed by atoms with van der Waals surface area (Å²) in [5, 5.41) is 24.2. The van der Waals surface area contributed by atoms with E-state index in [4.69, 9.17) is 4.74 Å². The highest BCUT2D eigenvalue weighted by Crippen LogP contribution is 2.44. The molecule has 0 aromatic heterocycles. The van der Waals surface area contributed by atoms with E-state index in [9.17, 15) is 24.6 Å². The minimum absolute atomic E-state index is 0.0765. The Morgan fingerprint density at radius 3 is 2.15 bits per heavy atom. The number of ether oxygens (including phenoxy) is 1. The molecule has 0 spiro atoms. The first-order valence-corrected chi connectivity index (χ1v) is 11.1. The Bertz CT molecular complexity index is 962. The monoisotopic (exact) mass is 454 g/mol. The molecule has 0 saturated heterocycles. The van der Waals surface area contributed by atoms with Crippen molar-refractivity contribution in [2.75, 3.05) is 13.2 Å². The molecule has 0 bridgehead atoms. The van der Waals surface area contributed by atoms with Gasteiger partial charge in [0.05, 0.1) is 12.5 Å². The van der Waals surface area contributed by atoms with E-state index in [2.05, 4.69) is 10.6 Å². The average Bonchev–Trinajstić information content (AvgIpc) is 3.13. The summed E-state index contributed by atoms with van der Waals surface area (Å²) >= 11 is 0. The molecule has 0 saturated carbocycles. The minimum Gasteiger partial charge on any atom is -0.480 e. The fraction of sp³-hybridized carbons (Fsp3) is 0.400. The minimum atomic E-state index is -1.17. The summed E-state index contributed by atoms with van der Waals surface area (Å²) in [7, 11) is 0. The Morgan fingerprint density at radius 2 is 1.61 bits per heavy atom. The Balaban J connectivity index is 1.47. The Labute approximate surface area is 193 Å². The second-order valence-electron chi connectivity index (χ2n) is 8.33. The quantitative estimate of drug-likeness (QED) is 0.438. The molecule has 1 aliphatic carbocycles. The Kier molecular flexibility index (Phi) is 8.06. The first-order valence-electron chi connectivity index (χ1n) is 11.1. The summed E-state index contributed by atoms with van der Waals surface area (Å²) in [5.74, 6) is -2.04. The molecule has 0 heterocycles. The van der Waals surface area contributed by atoms with Crippen LogP contribution in [-0.4, -0.2) is 53.5 Å². The number of benzene rings is 2. The Morgan fingerprint density at radius 1 is 1.03 bits per heavy atom. The van der Waals surface area contributed by atoms with E-state index in [-0.39, 0.29) is 31.4 Å². The first kappa shape index (κ1) is 24.3. The largest absolute Gasteiger partial charge is 0.480 e. The fourth-order valence-corrected chi connectivity index (χ4v) is 4.05. The number of rotatable bonds is 10. The average molecular weight is 455 g/mol. The molecular weight excluding hydrogens is 424 g/mol. The SMILES string of the molecule is CCC(C)[C@H](NC(=O)CC(O)CNC(=O)OCC1c2ccccc2-c2ccccc21)C(=O)O. The highest BCUT2D eigenvalue weighted by atomic mass is 16.5. The third kappa shape index (κ3) is 5.90. The molecule has 8 heteroatoms. The second-order valence-corrected chi connectivity index (χ2v) is 8.33. The van der Waals surface area contributed by atoms with Crippen molar-refractivity contribution in [1.82, 2.24) is 10.6 Å². The molecule has 2 unspecified atom stereocenters. The number of aliphatic carboxylic acids is 1. The van der Waals surface area contributed by atoms with Crippen LogP contribution in [0.2, 0.25) is 0 Å². The van der Waals surface area contributed by atoms with Gasteiger partial charge in [0.1, 0.15) is 12.6 Å². The summed E-state index contributed by atoms with van der Waals surface area (Å²) in [4.78, 5) is 35.6. The van der Waals surface area contributed by atoms with Crippen molar-refractivity contribution in [3.63, 3.8) is 0 Å². The van der Waals surface area contributed by atoms with E-state index >= 15 is 0 Å². The number of carbonyl (C=O) groups is 3. The van der Waals surface area contributed by atoms with Gasteiger partial charge in [0.15, 0.2) is 0 Å². The van der Waals surface area contributed by atoms with Crippen molar-refractivity contribution in [3.05, 3.63) is 59.7 Å². The fourth-order valence-electron chi connectivity index (χ4n) is 4.05. The van der Waals surface area contributed by atoms with Crippen LogP contribution in [0.4, 0.5) is 4.79 Å². The number of aliphatic hydroxyl groups is 1. The number of carboxylic acids is 1. The van der Waals surface area contributed by atoms with Crippen molar-refractivity contribution in [1.29, 1.82) is 0 Å². The first-order chi connectivity index (χ1) is 15.8. The lowest BCUT2D eigenvalue weighted by Crippen LogP contribution is -2.46. The van der Waals surface area contributed by atoms with Gasteiger partial charge >= 0.3 is 12.1 Å². The molecule has 3 rings (SSSR count). The zero-order valence-corrected chi connectivity index (χ0v) is 18.8. The van der Waals surface area contributed by atoms with Crippen molar-refractivity contribution >= 4 is 18.0 Å². The van der Waals surface area contributed by atoms with E-state index in [0.717, 1.165) is 22.3 Å². The molecule has 33 heavy (non-hydrogen) atoms. The topological polar surface area (TPSA) is 125 Å². The molecule has 1 aliphatic rings. The number of nitrogens with one attached hydrogen (secondary N) is 2. The van der Waals surface area contributed by atoms with Crippen molar-refractivity contribution in [2.24, 2.45) is 5.92 Å². The van der Waals surface area contributed by atoms with Gasteiger partial charge in [-0.05, 0) is 28.2 Å². The van der Waals surface area contributed by atoms with Gasteiger partial charge in [-0.2, -0.15) is 0 Å². The number of hydrogen-bond donors (Lipinski definition) is 4. The molecule has 4 N–H and O–H groups in total. The summed E-state index contributed by atoms with van der Waals surface area (Å²) in [6.07, 6.45) is -1.61. The third-order valence-electron chi connectivity index (χ3n) is 6.04. The van der Waals surface area contributed by atoms with Gasteiger partial charge in [-0.3, -0.25) is 4.79 Å². The lowest BCUT2D eigenvalue weighted by molar-refractivity contribution is -0.143. The summed E-state index contributed by atoms with van der Waals surface area (Å²) in [6.45, 7) is 3.52. The van der Waals surface area contributed by atoms with Gasteiger partial charge in [-0.25, -0.2) is 9.59 Å². The third-order valence-corrected chi connectivity index (χ3v) is 6.04. The van der Waals surface area contributed by atoms with Crippen molar-refractivity contribution in [3.8, 4) is 11.1 Å². The number of alkyl carbamates (subject to hydrolysis) is 1. The highest BCUT2D eigenvalue weighted by molar-refractivity contribution is 5.84. The molecule has 2 aromatic carbocycles. The van der Waals surface area contributed by atoms with Gasteiger partial charge in [0.2, 0.25) is 5.91 Å². The molecule has 2 amide bonds. The summed E-state index contributed by atoms with van der Waals surface area (Å²) in [6, 6.07) is 15.0. The van der Waals surface area contributed by atoms with Crippen LogP contribution in [0.3, 0.4) is 0 Å². The van der Waals surface area contributed by atoms with Crippen LogP contribution in [0, 0.1) is 5.92 Å². The number of amides is 2. The van der Waals surface area contributed by atoms with Crippen LogP contribution < -0.4 is 10.6 Å². The van der Waals surface area contributed by atoms with Crippen molar-refractivity contribution < 1.29 is 29.3 Å². The lowest BCUT2D eigenvalue weighted by Gasteiger charge is -2.21. The number of fused-ring (bicyclic) bond motifs is 3. The van der Waals surface area contributed by atoms with E-state index < -0.39 is 30.1 Å². The van der Waals surface area contributed by atoms with E-state index in [1.807, 2.05) is 55.5 Å². The van der Waals surface area contributed by atoms with Crippen LogP contribution in [0.1, 0.15) is 43.7 Å². The molecule has 0 radical (unpaired) electrons. The standard InChI is InChI=1S/C25H30N2O6/c1-3-15(2)23(24(30)31)27-22(29)12-16(28)13-26-25(32)33-14-21-19-10-6-4-8-17(19)18-9-5-7-11-20(18)21/h4-11,15-16,21,23,28H,3,12-14H2,1-2H3,(H,26,32)(H,27,29)(H,30,31)/t15?,16?,23-/m0/s1. The number of hydrogen-bond acceptors (Lipinski definition) is 5. The molecule has 176 valence electrons. The van der Waals surface area contributed by atoms with Crippen LogP contribution in [0.5, 0.6) is 0 Å². The highest BCUT2D eigenvalue weighted by Gasteiger charge is 2.29. The maximum absolute atomic E-state index is 12.2. The smallest absolute Gasteiger partial charge is 0.407 e. The van der Waals surface area contributed by atoms with Crippen LogP contribution in [0.15, 0.2) is 48.5 Å². The van der Waals surface area contributed by atoms with Crippen LogP contribution >= 0.6 is 0 Å². The molecular formula is C25H30N2O6. The molecule has 8 nitrogen and oxygen atoms in total. The van der Waals surface area contributed by atoms with Crippen LogP contribution in [0.25, 0.3) is 11.1 Å². The van der Waals surface area contributed by atoms with Gasteiger partial charge in [-0.15, -0.1) is 0 Å². The summed E-state index contributed by atoms with van der Waals surface area (Å²) in [5.41, 5.74) is 4.44. The maximum atomic E-state index is 12.2. The van der Waals surface area contributed by atoms with E-state index in [1.165, 1.54) is 0 Å². The molecule has 2 aromatic rings. The van der Waals surface area contributed by atoms with Gasteiger partial charge in [0, 0.05) is 12.5 Å². The normalized spacial score (nSPS) is 15.0. The lowest BCUT2D eigenvalue weighted by atomic mass is 9.98. The van der Waals surface area contributed by atoms with Gasteiger partial charge in [-0.1, -0.05) is 68.8 Å². The Hall–Kier alpha value is -3.39. The van der Waals surface area contributed by atoms with E-state index in [1.54, 1.807) is 6.92 Å². The maximum Gasteiger partial charge on any atom is 0.407 e. The van der Waals surface area contributed by atoms with Gasteiger partial charge < -0.3 is 25.6 Å². The zero-order chi connectivity index (χ0) is 24.0. The zero-order valence-electron chi connectivity index (χ0n) is 18.8. The number of carbonyl (C=O) groups excluding carboxylic acids is 2. The molecule has 3 atom stereocenters. The predicted octanol–water partition coefficient (Wildman–Crippen LogP) is 2.89.